The van der Waals surface area contributed by atoms with E-state index >= 15 is 0 Å². The first-order valence-corrected chi connectivity index (χ1v) is 9.20. The Balaban J connectivity index is 1.48. The second-order valence-electron chi connectivity index (χ2n) is 6.94. The number of hydrogen-bond donors (Lipinski definition) is 1. The number of piperidine rings is 2. The topological polar surface area (TPSA) is 85.1 Å². The maximum absolute atomic E-state index is 12.7. The molecule has 1 aromatic rings. The van der Waals surface area contributed by atoms with Crippen LogP contribution in [0.1, 0.15) is 25.7 Å². The fourth-order valence-electron chi connectivity index (χ4n) is 3.68. The molecule has 2 aliphatic rings. The van der Waals surface area contributed by atoms with E-state index in [1.54, 1.807) is 12.0 Å². The van der Waals surface area contributed by atoms with E-state index in [0.29, 0.717) is 26.2 Å². The van der Waals surface area contributed by atoms with Crippen molar-refractivity contribution in [2.75, 3.05) is 33.3 Å². The largest absolute Gasteiger partial charge is 0.497 e. The first kappa shape index (κ1) is 18.4. The molecule has 1 atom stereocenters. The molecular weight excluding hydrogens is 334 g/mol. The normalized spacial score (nSPS) is 21.3. The molecule has 1 aromatic carbocycles. The highest BCUT2D eigenvalue weighted by atomic mass is 16.5. The monoisotopic (exact) mass is 361 g/mol. The van der Waals surface area contributed by atoms with E-state index in [-0.39, 0.29) is 17.9 Å². The van der Waals surface area contributed by atoms with Gasteiger partial charge in [0, 0.05) is 39.0 Å². The van der Waals surface area contributed by atoms with E-state index in [2.05, 4.69) is 0 Å². The third-order valence-corrected chi connectivity index (χ3v) is 5.20. The van der Waals surface area contributed by atoms with E-state index in [1.807, 2.05) is 29.2 Å². The summed E-state index contributed by atoms with van der Waals surface area (Å²) in [6, 6.07) is 7.12. The number of rotatable bonds is 4. The van der Waals surface area contributed by atoms with Crippen molar-refractivity contribution in [3.63, 3.8) is 0 Å². The molecule has 0 aromatic heterocycles. The zero-order valence-corrected chi connectivity index (χ0v) is 15.2. The number of urea groups is 1. The highest BCUT2D eigenvalue weighted by Crippen LogP contribution is 2.24. The van der Waals surface area contributed by atoms with Crippen molar-refractivity contribution < 1.29 is 19.1 Å². The minimum absolute atomic E-state index is 0.112. The number of methoxy groups -OCH3 is 1. The fraction of sp³-hybridized carbons (Fsp3) is 0.579. The zero-order valence-electron chi connectivity index (χ0n) is 15.2. The van der Waals surface area contributed by atoms with Crippen LogP contribution < -0.4 is 15.2 Å². The van der Waals surface area contributed by atoms with Crippen LogP contribution in [0.15, 0.2) is 24.3 Å². The molecule has 7 heteroatoms. The van der Waals surface area contributed by atoms with Crippen LogP contribution >= 0.6 is 0 Å². The molecule has 3 rings (SSSR count). The van der Waals surface area contributed by atoms with Gasteiger partial charge in [-0.25, -0.2) is 4.79 Å². The standard InChI is InChI=1S/C19H27N3O4/c1-25-15-4-6-16(7-5-15)26-17-8-11-21(12-9-17)18(23)14-3-2-10-22(13-14)19(20)24/h4-7,14,17H,2-3,8-13H2,1H3,(H2,20,24)/t14-/m0/s1. The summed E-state index contributed by atoms with van der Waals surface area (Å²) in [5.41, 5.74) is 5.36. The average Bonchev–Trinajstić information content (AvgIpc) is 2.68. The van der Waals surface area contributed by atoms with Gasteiger partial charge in [0.05, 0.1) is 13.0 Å². The summed E-state index contributed by atoms with van der Waals surface area (Å²) in [6.45, 7) is 2.47. The Labute approximate surface area is 154 Å². The summed E-state index contributed by atoms with van der Waals surface area (Å²) in [4.78, 5) is 27.6. The Kier molecular flexibility index (Phi) is 5.85. The van der Waals surface area contributed by atoms with E-state index in [0.717, 1.165) is 37.2 Å². The quantitative estimate of drug-likeness (QED) is 0.887. The van der Waals surface area contributed by atoms with Crippen molar-refractivity contribution >= 4 is 11.9 Å². The molecule has 0 aliphatic carbocycles. The summed E-state index contributed by atoms with van der Waals surface area (Å²) >= 11 is 0. The summed E-state index contributed by atoms with van der Waals surface area (Å²) in [6.07, 6.45) is 3.39. The molecule has 3 amide bonds. The minimum Gasteiger partial charge on any atom is -0.497 e. The molecule has 2 saturated heterocycles. The van der Waals surface area contributed by atoms with Crippen LogP contribution in [-0.2, 0) is 4.79 Å². The Morgan fingerprint density at radius 2 is 1.65 bits per heavy atom. The van der Waals surface area contributed by atoms with Gasteiger partial charge in [-0.15, -0.1) is 0 Å². The van der Waals surface area contributed by atoms with Crippen LogP contribution in [0.4, 0.5) is 4.79 Å². The number of carbonyl (C=O) groups excluding carboxylic acids is 2. The third kappa shape index (κ3) is 4.39. The Morgan fingerprint density at radius 3 is 2.27 bits per heavy atom. The minimum atomic E-state index is -0.436. The van der Waals surface area contributed by atoms with Crippen LogP contribution in [-0.4, -0.2) is 61.1 Å². The maximum Gasteiger partial charge on any atom is 0.314 e. The lowest BCUT2D eigenvalue weighted by Gasteiger charge is -2.37. The van der Waals surface area contributed by atoms with Crippen LogP contribution in [0.25, 0.3) is 0 Å². The molecule has 2 N–H and O–H groups in total. The number of carbonyl (C=O) groups is 2. The number of hydrogen-bond acceptors (Lipinski definition) is 4. The number of nitrogens with zero attached hydrogens (tertiary/aromatic N) is 2. The first-order valence-electron chi connectivity index (χ1n) is 9.20. The number of likely N-dealkylation sites (tertiary alicyclic amines) is 2. The highest BCUT2D eigenvalue weighted by Gasteiger charge is 2.32. The number of amides is 3. The summed E-state index contributed by atoms with van der Waals surface area (Å²) in [7, 11) is 1.64. The number of nitrogens with two attached hydrogens (primary N) is 1. The summed E-state index contributed by atoms with van der Waals surface area (Å²) in [5.74, 6) is 1.63. The molecule has 0 saturated carbocycles. The number of benzene rings is 1. The smallest absolute Gasteiger partial charge is 0.314 e. The van der Waals surface area contributed by atoms with Gasteiger partial charge in [-0.2, -0.15) is 0 Å². The number of primary amides is 1. The van der Waals surface area contributed by atoms with Crippen molar-refractivity contribution in [1.82, 2.24) is 9.80 Å². The van der Waals surface area contributed by atoms with E-state index in [4.69, 9.17) is 15.2 Å². The molecule has 2 aliphatic heterocycles. The Morgan fingerprint density at radius 1 is 1.00 bits per heavy atom. The SMILES string of the molecule is COc1ccc(OC2CCN(C(=O)[C@H]3CCCN(C(N)=O)C3)CC2)cc1. The molecule has 2 fully saturated rings. The van der Waals surface area contributed by atoms with Gasteiger partial charge in [0.1, 0.15) is 17.6 Å². The van der Waals surface area contributed by atoms with Crippen molar-refractivity contribution in [3.05, 3.63) is 24.3 Å². The predicted molar refractivity (Wildman–Crippen MR) is 97.1 cm³/mol. The molecular formula is C19H27N3O4. The average molecular weight is 361 g/mol. The Hall–Kier alpha value is -2.44. The summed E-state index contributed by atoms with van der Waals surface area (Å²) in [5, 5.41) is 0. The third-order valence-electron chi connectivity index (χ3n) is 5.20. The molecule has 142 valence electrons. The van der Waals surface area contributed by atoms with Gasteiger partial charge in [-0.1, -0.05) is 0 Å². The molecule has 0 bridgehead atoms. The lowest BCUT2D eigenvalue weighted by Crippen LogP contribution is -2.50. The van der Waals surface area contributed by atoms with Gasteiger partial charge in [-0.05, 0) is 37.1 Å². The molecule has 7 nitrogen and oxygen atoms in total. The first-order chi connectivity index (χ1) is 12.6. The lowest BCUT2D eigenvalue weighted by atomic mass is 9.95. The van der Waals surface area contributed by atoms with E-state index < -0.39 is 6.03 Å². The van der Waals surface area contributed by atoms with E-state index in [1.165, 1.54) is 0 Å². The van der Waals surface area contributed by atoms with E-state index in [9.17, 15) is 9.59 Å². The van der Waals surface area contributed by atoms with Crippen molar-refractivity contribution in [1.29, 1.82) is 0 Å². The fourth-order valence-corrected chi connectivity index (χ4v) is 3.68. The molecule has 26 heavy (non-hydrogen) atoms. The second kappa shape index (κ2) is 8.29. The van der Waals surface area contributed by atoms with Crippen LogP contribution in [0.5, 0.6) is 11.5 Å². The van der Waals surface area contributed by atoms with Gasteiger partial charge >= 0.3 is 6.03 Å². The van der Waals surface area contributed by atoms with Crippen LogP contribution in [0.3, 0.4) is 0 Å². The highest BCUT2D eigenvalue weighted by molar-refractivity contribution is 5.80. The molecule has 2 heterocycles. The summed E-state index contributed by atoms with van der Waals surface area (Å²) < 4.78 is 11.2. The van der Waals surface area contributed by atoms with Crippen molar-refractivity contribution in [2.24, 2.45) is 11.7 Å². The zero-order chi connectivity index (χ0) is 18.5. The number of ether oxygens (including phenoxy) is 2. The van der Waals surface area contributed by atoms with Crippen molar-refractivity contribution in [3.8, 4) is 11.5 Å². The Bertz CT molecular complexity index is 626. The van der Waals surface area contributed by atoms with Gasteiger partial charge < -0.3 is 25.0 Å². The molecule has 0 unspecified atom stereocenters. The second-order valence-corrected chi connectivity index (χ2v) is 6.94. The van der Waals surface area contributed by atoms with Crippen molar-refractivity contribution in [2.45, 2.75) is 31.8 Å². The van der Waals surface area contributed by atoms with Gasteiger partial charge in [-0.3, -0.25) is 4.79 Å². The molecule has 0 radical (unpaired) electrons. The van der Waals surface area contributed by atoms with Gasteiger partial charge in [0.2, 0.25) is 5.91 Å². The predicted octanol–water partition coefficient (Wildman–Crippen LogP) is 1.86. The lowest BCUT2D eigenvalue weighted by molar-refractivity contribution is -0.138. The van der Waals surface area contributed by atoms with Crippen LogP contribution in [0.2, 0.25) is 0 Å². The maximum atomic E-state index is 12.7. The van der Waals surface area contributed by atoms with Gasteiger partial charge in [0.15, 0.2) is 0 Å². The van der Waals surface area contributed by atoms with Crippen LogP contribution in [0, 0.1) is 5.92 Å². The van der Waals surface area contributed by atoms with Gasteiger partial charge in [0.25, 0.3) is 0 Å². The molecule has 0 spiro atoms.